The zero-order chi connectivity index (χ0) is 8.48. The third-order valence-electron chi connectivity index (χ3n) is 2.43. The molecule has 1 fully saturated rings. The molecule has 0 aliphatic carbocycles. The Morgan fingerprint density at radius 1 is 1.55 bits per heavy atom. The molecule has 1 heterocycles. The molecular weight excluding hydrogens is 139 g/mol. The molecule has 1 N–H and O–H groups in total. The van der Waals surface area contributed by atoms with Crippen molar-refractivity contribution in [2.75, 3.05) is 6.61 Å². The van der Waals surface area contributed by atoms with Crippen LogP contribution in [0, 0.1) is 0 Å². The van der Waals surface area contributed by atoms with E-state index in [0.29, 0.717) is 12.4 Å². The van der Waals surface area contributed by atoms with Gasteiger partial charge in [-0.1, -0.05) is 19.7 Å². The predicted octanol–water partition coefficient (Wildman–Crippen LogP) is 1.44. The molecule has 0 bridgehead atoms. The molecule has 0 aromatic rings. The van der Waals surface area contributed by atoms with Gasteiger partial charge in [-0.05, 0) is 19.2 Å². The van der Waals surface area contributed by atoms with Gasteiger partial charge in [0.05, 0.1) is 0 Å². The van der Waals surface area contributed by atoms with Crippen molar-refractivity contribution < 1.29 is 9.84 Å². The van der Waals surface area contributed by atoms with Crippen molar-refractivity contribution in [2.24, 2.45) is 0 Å². The Balaban J connectivity index is 2.58. The average Bonchev–Trinajstić information content (AvgIpc) is 1.94. The highest BCUT2D eigenvalue weighted by Crippen LogP contribution is 2.31. The Kier molecular flexibility index (Phi) is 2.60. The molecule has 11 heavy (non-hydrogen) atoms. The minimum atomic E-state index is -0.954. The molecule has 1 saturated heterocycles. The van der Waals surface area contributed by atoms with Gasteiger partial charge in [0.15, 0.2) is 5.79 Å². The maximum absolute atomic E-state index is 9.69. The lowest BCUT2D eigenvalue weighted by Gasteiger charge is -2.27. The summed E-state index contributed by atoms with van der Waals surface area (Å²) < 4.78 is 5.30. The number of aliphatic hydroxyl groups is 1. The summed E-state index contributed by atoms with van der Waals surface area (Å²) in [5, 5.41) is 9.69. The molecule has 3 heteroatoms. The molecule has 2 nitrogen and oxygen atoms in total. The average molecular weight is 155 g/mol. The highest BCUT2D eigenvalue weighted by Gasteiger charge is 2.33. The first-order valence-corrected chi connectivity index (χ1v) is 4.23. The van der Waals surface area contributed by atoms with Gasteiger partial charge in [-0.3, -0.25) is 0 Å². The van der Waals surface area contributed by atoms with Crippen LogP contribution in [0.1, 0.15) is 27.2 Å². The number of rotatable bonds is 0. The number of hydrogen-bond donors (Lipinski definition) is 1. The third-order valence-corrected chi connectivity index (χ3v) is 2.43. The molecule has 3 atom stereocenters. The highest BCUT2D eigenvalue weighted by atomic mass is 16.6. The lowest BCUT2D eigenvalue weighted by molar-refractivity contribution is -0.188. The molecule has 0 aromatic heterocycles. The van der Waals surface area contributed by atoms with E-state index in [1.54, 1.807) is 6.92 Å². The fraction of sp³-hybridized carbons (Fsp3) is 1.00. The Morgan fingerprint density at radius 2 is 2.18 bits per heavy atom. The summed E-state index contributed by atoms with van der Waals surface area (Å²) in [7, 11) is 2.16. The molecule has 1 radical (unpaired) electrons. The Labute approximate surface area is 69.2 Å². The largest absolute Gasteiger partial charge is 0.366 e. The second-order valence-corrected chi connectivity index (χ2v) is 3.65. The topological polar surface area (TPSA) is 29.5 Å². The zero-order valence-corrected chi connectivity index (χ0v) is 7.50. The molecule has 0 saturated carbocycles. The van der Waals surface area contributed by atoms with E-state index in [2.05, 4.69) is 14.2 Å². The van der Waals surface area contributed by atoms with Crippen molar-refractivity contribution in [1.29, 1.82) is 0 Å². The summed E-state index contributed by atoms with van der Waals surface area (Å²) in [6.07, 6.45) is 1.01. The maximum atomic E-state index is 9.69. The van der Waals surface area contributed by atoms with Crippen LogP contribution in [0.5, 0.6) is 0 Å². The standard InChI is InChI=1S/C8H16BO2/c1-6-4-5-11-8(3,10)7(2)9-6/h6-7,10H,4-5H2,1-3H3. The van der Waals surface area contributed by atoms with Crippen molar-refractivity contribution in [3.63, 3.8) is 0 Å². The lowest BCUT2D eigenvalue weighted by atomic mass is 9.53. The summed E-state index contributed by atoms with van der Waals surface area (Å²) in [6, 6.07) is 0. The minimum Gasteiger partial charge on any atom is -0.366 e. The summed E-state index contributed by atoms with van der Waals surface area (Å²) in [5.74, 6) is -0.274. The monoisotopic (exact) mass is 155 g/mol. The molecule has 0 spiro atoms. The number of hydrogen-bond acceptors (Lipinski definition) is 2. The van der Waals surface area contributed by atoms with Crippen LogP contribution in [0.2, 0.25) is 11.6 Å². The van der Waals surface area contributed by atoms with Crippen LogP contribution in [0.4, 0.5) is 0 Å². The van der Waals surface area contributed by atoms with E-state index in [4.69, 9.17) is 4.74 Å². The minimum absolute atomic E-state index is 0.125. The molecular formula is C8H16BO2. The highest BCUT2D eigenvalue weighted by molar-refractivity contribution is 6.39. The summed E-state index contributed by atoms with van der Waals surface area (Å²) in [5.41, 5.74) is 0. The quantitative estimate of drug-likeness (QED) is 0.536. The Hall–Kier alpha value is -0.0151. The molecule has 63 valence electrons. The summed E-state index contributed by atoms with van der Waals surface area (Å²) in [6.45, 7) is 6.53. The molecule has 1 aliphatic heterocycles. The van der Waals surface area contributed by atoms with Crippen LogP contribution < -0.4 is 0 Å². The van der Waals surface area contributed by atoms with E-state index in [9.17, 15) is 5.11 Å². The van der Waals surface area contributed by atoms with E-state index in [1.807, 2.05) is 6.92 Å². The smallest absolute Gasteiger partial charge is 0.158 e. The van der Waals surface area contributed by atoms with Gasteiger partial charge in [0.1, 0.15) is 7.28 Å². The van der Waals surface area contributed by atoms with Crippen LogP contribution >= 0.6 is 0 Å². The summed E-state index contributed by atoms with van der Waals surface area (Å²) in [4.78, 5) is 0. The van der Waals surface area contributed by atoms with Crippen molar-refractivity contribution in [2.45, 2.75) is 44.6 Å². The van der Waals surface area contributed by atoms with Gasteiger partial charge in [-0.2, -0.15) is 0 Å². The van der Waals surface area contributed by atoms with Gasteiger partial charge in [0.25, 0.3) is 0 Å². The maximum Gasteiger partial charge on any atom is 0.158 e. The molecule has 3 unspecified atom stereocenters. The van der Waals surface area contributed by atoms with E-state index in [0.717, 1.165) is 6.42 Å². The van der Waals surface area contributed by atoms with Crippen LogP contribution in [0.3, 0.4) is 0 Å². The van der Waals surface area contributed by atoms with E-state index >= 15 is 0 Å². The van der Waals surface area contributed by atoms with Crippen molar-refractivity contribution in [3.05, 3.63) is 0 Å². The first-order valence-electron chi connectivity index (χ1n) is 4.23. The van der Waals surface area contributed by atoms with Gasteiger partial charge >= 0.3 is 0 Å². The van der Waals surface area contributed by atoms with Crippen molar-refractivity contribution in [1.82, 2.24) is 0 Å². The second-order valence-electron chi connectivity index (χ2n) is 3.65. The van der Waals surface area contributed by atoms with Gasteiger partial charge in [-0.25, -0.2) is 0 Å². The Bertz CT molecular complexity index is 136. The Morgan fingerprint density at radius 3 is 2.82 bits per heavy atom. The van der Waals surface area contributed by atoms with Crippen LogP contribution in [0.15, 0.2) is 0 Å². The van der Waals surface area contributed by atoms with E-state index in [1.165, 1.54) is 0 Å². The normalized spacial score (nSPS) is 46.2. The number of ether oxygens (including phenoxy) is 1. The third kappa shape index (κ3) is 2.21. The van der Waals surface area contributed by atoms with Gasteiger partial charge in [0.2, 0.25) is 0 Å². The fourth-order valence-electron chi connectivity index (χ4n) is 1.35. The predicted molar refractivity (Wildman–Crippen MR) is 45.8 cm³/mol. The first-order chi connectivity index (χ1) is 5.02. The lowest BCUT2D eigenvalue weighted by Crippen LogP contribution is -2.33. The van der Waals surface area contributed by atoms with Crippen LogP contribution in [0.25, 0.3) is 0 Å². The van der Waals surface area contributed by atoms with Crippen molar-refractivity contribution >= 4 is 7.28 Å². The molecule has 1 aliphatic rings. The van der Waals surface area contributed by atoms with Gasteiger partial charge < -0.3 is 9.84 Å². The molecule has 1 rings (SSSR count). The zero-order valence-electron chi connectivity index (χ0n) is 7.50. The van der Waals surface area contributed by atoms with Gasteiger partial charge in [0, 0.05) is 6.61 Å². The SMILES string of the molecule is CC1[B]C(C)C(C)(O)OCC1. The van der Waals surface area contributed by atoms with Crippen LogP contribution in [-0.4, -0.2) is 24.8 Å². The van der Waals surface area contributed by atoms with E-state index < -0.39 is 5.79 Å². The van der Waals surface area contributed by atoms with Crippen LogP contribution in [-0.2, 0) is 4.74 Å². The molecule has 0 amide bonds. The fourth-order valence-corrected chi connectivity index (χ4v) is 1.35. The van der Waals surface area contributed by atoms with Gasteiger partial charge in [-0.15, -0.1) is 0 Å². The van der Waals surface area contributed by atoms with Crippen molar-refractivity contribution in [3.8, 4) is 0 Å². The molecule has 0 aromatic carbocycles. The first kappa shape index (κ1) is 9.08. The van der Waals surface area contributed by atoms with E-state index in [-0.39, 0.29) is 5.82 Å². The summed E-state index contributed by atoms with van der Waals surface area (Å²) >= 11 is 0. The second kappa shape index (κ2) is 3.15.